The zero-order valence-corrected chi connectivity index (χ0v) is 21.6. The summed E-state index contributed by atoms with van der Waals surface area (Å²) in [7, 11) is 0. The van der Waals surface area contributed by atoms with Gasteiger partial charge >= 0.3 is 0 Å². The maximum atomic E-state index is 13.0. The fourth-order valence-electron chi connectivity index (χ4n) is 4.29. The van der Waals surface area contributed by atoms with E-state index in [4.69, 9.17) is 23.2 Å². The van der Waals surface area contributed by atoms with E-state index >= 15 is 0 Å². The lowest BCUT2D eigenvalue weighted by molar-refractivity contribution is -0.119. The van der Waals surface area contributed by atoms with E-state index in [0.717, 1.165) is 33.1 Å². The molecule has 1 atom stereocenters. The van der Waals surface area contributed by atoms with Gasteiger partial charge in [-0.05, 0) is 46.1 Å². The molecule has 1 aliphatic heterocycles. The Bertz CT molecular complexity index is 1500. The maximum Gasteiger partial charge on any atom is 0.262 e. The molecule has 6 nitrogen and oxygen atoms in total. The third-order valence-electron chi connectivity index (χ3n) is 6.12. The fraction of sp³-hybridized carbons (Fsp3) is 0.192. The first-order valence-electron chi connectivity index (χ1n) is 11.2. The van der Waals surface area contributed by atoms with Gasteiger partial charge in [-0.2, -0.15) is 0 Å². The molecule has 0 radical (unpaired) electrons. The van der Waals surface area contributed by atoms with E-state index in [0.29, 0.717) is 40.8 Å². The van der Waals surface area contributed by atoms with Crippen molar-refractivity contribution in [2.75, 3.05) is 6.54 Å². The summed E-state index contributed by atoms with van der Waals surface area (Å²) in [4.78, 5) is 28.8. The Morgan fingerprint density at radius 3 is 2.57 bits per heavy atom. The molecule has 35 heavy (non-hydrogen) atoms. The Morgan fingerprint density at radius 1 is 1.06 bits per heavy atom. The SMILES string of the molecule is O=C1CCC(CNCc2cnc3cc(-c4cccc(-c5cccc(Br)c5Cl)c4Cl)ccn3c2=O)N1. The lowest BCUT2D eigenvalue weighted by atomic mass is 9.99. The molecule has 5 rings (SSSR count). The summed E-state index contributed by atoms with van der Waals surface area (Å²) in [6.45, 7) is 0.994. The highest BCUT2D eigenvalue weighted by Crippen LogP contribution is 2.41. The smallest absolute Gasteiger partial charge is 0.262 e. The summed E-state index contributed by atoms with van der Waals surface area (Å²) in [5, 5.41) is 7.32. The normalized spacial score (nSPS) is 15.5. The van der Waals surface area contributed by atoms with Crippen LogP contribution in [0.5, 0.6) is 0 Å². The van der Waals surface area contributed by atoms with Crippen LogP contribution in [-0.4, -0.2) is 27.9 Å². The van der Waals surface area contributed by atoms with Crippen LogP contribution in [0.15, 0.2) is 70.2 Å². The minimum Gasteiger partial charge on any atom is -0.352 e. The van der Waals surface area contributed by atoms with Crippen LogP contribution in [0.2, 0.25) is 10.0 Å². The van der Waals surface area contributed by atoms with Crippen LogP contribution in [0.4, 0.5) is 0 Å². The molecule has 0 spiro atoms. The third kappa shape index (κ3) is 4.86. The molecular weight excluding hydrogens is 551 g/mol. The first-order valence-corrected chi connectivity index (χ1v) is 12.7. The number of amides is 1. The summed E-state index contributed by atoms with van der Waals surface area (Å²) in [6, 6.07) is 15.3. The van der Waals surface area contributed by atoms with Gasteiger partial charge < -0.3 is 10.6 Å². The number of hydrogen-bond donors (Lipinski definition) is 2. The monoisotopic (exact) mass is 570 g/mol. The highest BCUT2D eigenvalue weighted by molar-refractivity contribution is 9.10. The summed E-state index contributed by atoms with van der Waals surface area (Å²) < 4.78 is 2.33. The number of halogens is 3. The molecule has 3 heterocycles. The molecule has 9 heteroatoms. The predicted molar refractivity (Wildman–Crippen MR) is 143 cm³/mol. The molecule has 0 bridgehead atoms. The third-order valence-corrected chi connectivity index (χ3v) is 7.83. The quantitative estimate of drug-likeness (QED) is 0.322. The first kappa shape index (κ1) is 24.0. The molecule has 1 amide bonds. The Hall–Kier alpha value is -2.71. The van der Waals surface area contributed by atoms with Gasteiger partial charge in [-0.25, -0.2) is 4.98 Å². The van der Waals surface area contributed by atoms with Crippen LogP contribution in [0, 0.1) is 0 Å². The summed E-state index contributed by atoms with van der Waals surface area (Å²) >= 11 is 16.8. The molecule has 2 aromatic heterocycles. The van der Waals surface area contributed by atoms with E-state index in [1.54, 1.807) is 12.4 Å². The molecule has 1 aliphatic rings. The Kier molecular flexibility index (Phi) is 6.93. The average Bonchev–Trinajstić information content (AvgIpc) is 3.27. The minimum atomic E-state index is -0.134. The Balaban J connectivity index is 1.42. The van der Waals surface area contributed by atoms with Crippen molar-refractivity contribution >= 4 is 50.7 Å². The minimum absolute atomic E-state index is 0.0745. The van der Waals surface area contributed by atoms with Gasteiger partial charge in [-0.1, -0.05) is 53.5 Å². The van der Waals surface area contributed by atoms with Crippen molar-refractivity contribution in [3.05, 3.63) is 91.4 Å². The number of fused-ring (bicyclic) bond motifs is 1. The fourth-order valence-corrected chi connectivity index (χ4v) is 5.22. The van der Waals surface area contributed by atoms with Gasteiger partial charge in [-0.15, -0.1) is 0 Å². The van der Waals surface area contributed by atoms with E-state index in [1.807, 2.05) is 48.5 Å². The predicted octanol–water partition coefficient (Wildman–Crippen LogP) is 5.47. The second-order valence-corrected chi connectivity index (χ2v) is 10.0. The lowest BCUT2D eigenvalue weighted by Crippen LogP contribution is -2.36. The number of aromatic nitrogens is 2. The standard InChI is InChI=1S/C26H21BrCl2N4O2/c27-21-6-2-5-20(25(21)29)19-4-1-3-18(24(19)28)15-9-10-33-22(11-15)31-13-16(26(33)35)12-30-14-17-7-8-23(34)32-17/h1-6,9-11,13,17,30H,7-8,12,14H2,(H,32,34). The van der Waals surface area contributed by atoms with Crippen LogP contribution in [0.1, 0.15) is 18.4 Å². The molecule has 4 aromatic rings. The number of nitrogens with zero attached hydrogens (tertiary/aromatic N) is 2. The van der Waals surface area contributed by atoms with E-state index in [1.165, 1.54) is 4.40 Å². The van der Waals surface area contributed by atoms with Crippen LogP contribution in [0.3, 0.4) is 0 Å². The van der Waals surface area contributed by atoms with Crippen molar-refractivity contribution < 1.29 is 4.79 Å². The zero-order valence-electron chi connectivity index (χ0n) is 18.5. The van der Waals surface area contributed by atoms with Gasteiger partial charge in [0.25, 0.3) is 5.56 Å². The molecule has 1 saturated heterocycles. The van der Waals surface area contributed by atoms with Crippen molar-refractivity contribution in [1.82, 2.24) is 20.0 Å². The molecule has 1 fully saturated rings. The second kappa shape index (κ2) is 10.1. The number of benzene rings is 2. The van der Waals surface area contributed by atoms with E-state index in [9.17, 15) is 9.59 Å². The highest BCUT2D eigenvalue weighted by atomic mass is 79.9. The molecular formula is C26H21BrCl2N4O2. The van der Waals surface area contributed by atoms with Crippen molar-refractivity contribution in [2.45, 2.75) is 25.4 Å². The Labute approximate surface area is 220 Å². The number of hydrogen-bond acceptors (Lipinski definition) is 4. The summed E-state index contributed by atoms with van der Waals surface area (Å²) in [6.07, 6.45) is 4.68. The van der Waals surface area contributed by atoms with Crippen molar-refractivity contribution in [2.24, 2.45) is 0 Å². The van der Waals surface area contributed by atoms with Crippen LogP contribution >= 0.6 is 39.1 Å². The number of pyridine rings is 1. The van der Waals surface area contributed by atoms with Crippen LogP contribution in [0.25, 0.3) is 27.9 Å². The van der Waals surface area contributed by atoms with Gasteiger partial charge in [0.05, 0.1) is 10.0 Å². The van der Waals surface area contributed by atoms with Gasteiger partial charge in [0.2, 0.25) is 5.91 Å². The molecule has 1 unspecified atom stereocenters. The van der Waals surface area contributed by atoms with Crippen LogP contribution < -0.4 is 16.2 Å². The van der Waals surface area contributed by atoms with E-state index in [-0.39, 0.29) is 17.5 Å². The van der Waals surface area contributed by atoms with Gasteiger partial charge in [0.15, 0.2) is 0 Å². The van der Waals surface area contributed by atoms with E-state index < -0.39 is 0 Å². The van der Waals surface area contributed by atoms with Gasteiger partial charge in [-0.3, -0.25) is 14.0 Å². The molecule has 178 valence electrons. The molecule has 2 N–H and O–H groups in total. The molecule has 0 aliphatic carbocycles. The summed E-state index contributed by atoms with van der Waals surface area (Å²) in [5.74, 6) is 0.0745. The highest BCUT2D eigenvalue weighted by Gasteiger charge is 2.20. The summed E-state index contributed by atoms with van der Waals surface area (Å²) in [5.41, 5.74) is 4.27. The number of carbonyl (C=O) groups is 1. The first-order chi connectivity index (χ1) is 16.9. The second-order valence-electron chi connectivity index (χ2n) is 8.43. The molecule has 0 saturated carbocycles. The zero-order chi connectivity index (χ0) is 24.5. The van der Waals surface area contributed by atoms with E-state index in [2.05, 4.69) is 31.5 Å². The van der Waals surface area contributed by atoms with Gasteiger partial charge in [0, 0.05) is 64.7 Å². The largest absolute Gasteiger partial charge is 0.352 e. The average molecular weight is 572 g/mol. The van der Waals surface area contributed by atoms with Gasteiger partial charge in [0.1, 0.15) is 5.65 Å². The Morgan fingerprint density at radius 2 is 1.80 bits per heavy atom. The molecule has 2 aromatic carbocycles. The topological polar surface area (TPSA) is 75.5 Å². The number of nitrogens with one attached hydrogen (secondary N) is 2. The van der Waals surface area contributed by atoms with Crippen molar-refractivity contribution in [1.29, 1.82) is 0 Å². The van der Waals surface area contributed by atoms with Crippen LogP contribution in [-0.2, 0) is 11.3 Å². The number of carbonyl (C=O) groups excluding carboxylic acids is 1. The lowest BCUT2D eigenvalue weighted by Gasteiger charge is -2.13. The van der Waals surface area contributed by atoms with Crippen molar-refractivity contribution in [3.63, 3.8) is 0 Å². The van der Waals surface area contributed by atoms with Crippen molar-refractivity contribution in [3.8, 4) is 22.3 Å². The number of rotatable bonds is 6. The maximum absolute atomic E-state index is 13.0.